The molecule has 4 aromatic carbocycles. The largest absolute Gasteiger partial charge is 0.487 e. The standard InChI is InChI=1S/C28H17Br2ClFNO3S/c29-21-11-16(12-22(30)26(21)36-15-18-7-3-6-17-5-1-2-8-19(17)18)13-25-27(34)33(28(35)37-25)14-20-23(31)9-4-10-24(20)32/h1-13H,14-15H2/b25-13-. The minimum absolute atomic E-state index is 0.103. The van der Waals surface area contributed by atoms with Crippen molar-refractivity contribution in [1.82, 2.24) is 4.90 Å². The zero-order valence-electron chi connectivity index (χ0n) is 19.0. The highest BCUT2D eigenvalue weighted by Crippen LogP contribution is 2.39. The number of benzene rings is 4. The van der Waals surface area contributed by atoms with Gasteiger partial charge in [-0.05, 0) is 95.9 Å². The number of carbonyl (C=O) groups is 2. The average molecular weight is 662 g/mol. The molecule has 1 aliphatic rings. The van der Waals surface area contributed by atoms with Crippen LogP contribution in [0.4, 0.5) is 9.18 Å². The van der Waals surface area contributed by atoms with Crippen LogP contribution in [0.1, 0.15) is 16.7 Å². The number of amides is 2. The Morgan fingerprint density at radius 1 is 0.973 bits per heavy atom. The number of fused-ring (bicyclic) bond motifs is 1. The molecule has 0 unspecified atom stereocenters. The lowest BCUT2D eigenvalue weighted by Gasteiger charge is -2.14. The molecule has 0 aliphatic carbocycles. The minimum Gasteiger partial charge on any atom is -0.487 e. The SMILES string of the molecule is O=C1S/C(=C\c2cc(Br)c(OCc3cccc4ccccc34)c(Br)c2)C(=O)N1Cc1c(F)cccc1Cl. The van der Waals surface area contributed by atoms with Crippen molar-refractivity contribution in [3.8, 4) is 5.75 Å². The second-order valence-electron chi connectivity index (χ2n) is 8.21. The van der Waals surface area contributed by atoms with E-state index in [1.807, 2.05) is 36.4 Å². The van der Waals surface area contributed by atoms with Gasteiger partial charge in [0.1, 0.15) is 18.2 Å². The number of hydrogen-bond acceptors (Lipinski definition) is 4. The average Bonchev–Trinajstić information content (AvgIpc) is 3.13. The normalized spacial score (nSPS) is 14.7. The van der Waals surface area contributed by atoms with Crippen LogP contribution in [0.15, 0.2) is 86.6 Å². The molecule has 1 heterocycles. The van der Waals surface area contributed by atoms with Crippen LogP contribution >= 0.6 is 55.2 Å². The summed E-state index contributed by atoms with van der Waals surface area (Å²) in [5.41, 5.74) is 1.85. The first-order chi connectivity index (χ1) is 17.8. The van der Waals surface area contributed by atoms with Crippen molar-refractivity contribution in [3.63, 3.8) is 0 Å². The van der Waals surface area contributed by atoms with Gasteiger partial charge in [-0.2, -0.15) is 0 Å². The van der Waals surface area contributed by atoms with E-state index in [4.69, 9.17) is 16.3 Å². The number of rotatable bonds is 6. The Balaban J connectivity index is 1.35. The molecular weight excluding hydrogens is 645 g/mol. The fraction of sp³-hybridized carbons (Fsp3) is 0.0714. The maximum absolute atomic E-state index is 14.2. The van der Waals surface area contributed by atoms with E-state index in [0.717, 1.165) is 33.0 Å². The van der Waals surface area contributed by atoms with Crippen LogP contribution in [-0.2, 0) is 17.9 Å². The van der Waals surface area contributed by atoms with E-state index >= 15 is 0 Å². The summed E-state index contributed by atoms with van der Waals surface area (Å²) in [6, 6.07) is 22.1. The van der Waals surface area contributed by atoms with Crippen molar-refractivity contribution >= 4 is 83.2 Å². The van der Waals surface area contributed by atoms with Crippen molar-refractivity contribution in [2.75, 3.05) is 0 Å². The molecule has 186 valence electrons. The summed E-state index contributed by atoms with van der Waals surface area (Å²) >= 11 is 14.0. The molecule has 0 aromatic heterocycles. The van der Waals surface area contributed by atoms with Crippen molar-refractivity contribution in [2.24, 2.45) is 0 Å². The molecule has 37 heavy (non-hydrogen) atoms. The number of hydrogen-bond donors (Lipinski definition) is 0. The number of nitrogens with zero attached hydrogens (tertiary/aromatic N) is 1. The van der Waals surface area contributed by atoms with Crippen molar-refractivity contribution in [3.05, 3.63) is 114 Å². The van der Waals surface area contributed by atoms with Crippen molar-refractivity contribution in [1.29, 1.82) is 0 Å². The van der Waals surface area contributed by atoms with E-state index in [9.17, 15) is 14.0 Å². The molecule has 9 heteroatoms. The molecule has 2 amide bonds. The Kier molecular flexibility index (Phi) is 7.72. The number of halogens is 4. The summed E-state index contributed by atoms with van der Waals surface area (Å²) in [4.78, 5) is 26.7. The van der Waals surface area contributed by atoms with Gasteiger partial charge >= 0.3 is 0 Å². The zero-order valence-corrected chi connectivity index (χ0v) is 23.8. The smallest absolute Gasteiger partial charge is 0.293 e. The van der Waals surface area contributed by atoms with Crippen LogP contribution in [0, 0.1) is 5.82 Å². The Morgan fingerprint density at radius 3 is 2.43 bits per heavy atom. The molecule has 1 saturated heterocycles. The Morgan fingerprint density at radius 2 is 1.68 bits per heavy atom. The molecule has 0 N–H and O–H groups in total. The molecule has 4 nitrogen and oxygen atoms in total. The molecule has 5 rings (SSSR count). The third kappa shape index (κ3) is 5.48. The first-order valence-corrected chi connectivity index (χ1v) is 13.9. The van der Waals surface area contributed by atoms with Crippen LogP contribution in [-0.4, -0.2) is 16.0 Å². The third-order valence-corrected chi connectivity index (χ3v) is 8.26. The van der Waals surface area contributed by atoms with Crippen LogP contribution in [0.2, 0.25) is 5.02 Å². The first-order valence-electron chi connectivity index (χ1n) is 11.1. The monoisotopic (exact) mass is 659 g/mol. The van der Waals surface area contributed by atoms with Crippen LogP contribution in [0.3, 0.4) is 0 Å². The molecule has 0 spiro atoms. The molecule has 1 fully saturated rings. The summed E-state index contributed by atoms with van der Waals surface area (Å²) < 4.78 is 21.7. The van der Waals surface area contributed by atoms with Crippen LogP contribution < -0.4 is 4.74 Å². The lowest BCUT2D eigenvalue weighted by atomic mass is 10.1. The number of imide groups is 1. The van der Waals surface area contributed by atoms with Gasteiger partial charge in [-0.25, -0.2) is 4.39 Å². The molecule has 0 saturated carbocycles. The van der Waals surface area contributed by atoms with Gasteiger partial charge in [0.25, 0.3) is 11.1 Å². The summed E-state index contributed by atoms with van der Waals surface area (Å²) in [5.74, 6) is -0.451. The number of ether oxygens (including phenoxy) is 1. The van der Waals surface area contributed by atoms with Crippen molar-refractivity contribution < 1.29 is 18.7 Å². The van der Waals surface area contributed by atoms with Gasteiger partial charge in [-0.15, -0.1) is 0 Å². The quantitative estimate of drug-likeness (QED) is 0.194. The summed E-state index contributed by atoms with van der Waals surface area (Å²) in [7, 11) is 0. The maximum Gasteiger partial charge on any atom is 0.293 e. The minimum atomic E-state index is -0.567. The number of carbonyl (C=O) groups excluding carboxylic acids is 2. The Labute approximate surface area is 238 Å². The summed E-state index contributed by atoms with van der Waals surface area (Å²) in [6.07, 6.45) is 1.62. The van der Waals surface area contributed by atoms with Gasteiger partial charge < -0.3 is 4.74 Å². The van der Waals surface area contributed by atoms with E-state index in [1.165, 1.54) is 18.2 Å². The number of thioether (sulfide) groups is 1. The fourth-order valence-electron chi connectivity index (χ4n) is 4.00. The maximum atomic E-state index is 14.2. The van der Waals surface area contributed by atoms with Gasteiger partial charge in [0.2, 0.25) is 0 Å². The third-order valence-electron chi connectivity index (χ3n) is 5.82. The second kappa shape index (κ2) is 11.0. The summed E-state index contributed by atoms with van der Waals surface area (Å²) in [5, 5.41) is 1.95. The summed E-state index contributed by atoms with van der Waals surface area (Å²) in [6.45, 7) is 0.136. The van der Waals surface area contributed by atoms with Crippen molar-refractivity contribution in [2.45, 2.75) is 13.2 Å². The Bertz CT molecular complexity index is 1540. The van der Waals surface area contributed by atoms with Gasteiger partial charge in [0.15, 0.2) is 0 Å². The Hall–Kier alpha value is -2.65. The van der Waals surface area contributed by atoms with E-state index < -0.39 is 17.0 Å². The van der Waals surface area contributed by atoms with E-state index in [2.05, 4.69) is 50.1 Å². The highest BCUT2D eigenvalue weighted by molar-refractivity contribution is 9.11. The molecular formula is C28H17Br2ClFNO3S. The lowest BCUT2D eigenvalue weighted by Crippen LogP contribution is -2.28. The molecule has 4 aromatic rings. The predicted octanol–water partition coefficient (Wildman–Crippen LogP) is 8.97. The zero-order chi connectivity index (χ0) is 26.1. The van der Waals surface area contributed by atoms with Crippen LogP contribution in [0.25, 0.3) is 16.8 Å². The molecule has 0 atom stereocenters. The van der Waals surface area contributed by atoms with Gasteiger partial charge in [0, 0.05) is 10.6 Å². The van der Waals surface area contributed by atoms with E-state index in [-0.39, 0.29) is 22.0 Å². The lowest BCUT2D eigenvalue weighted by molar-refractivity contribution is -0.123. The second-order valence-corrected chi connectivity index (χ2v) is 11.3. The van der Waals surface area contributed by atoms with Crippen LogP contribution in [0.5, 0.6) is 5.75 Å². The van der Waals surface area contributed by atoms with E-state index in [0.29, 0.717) is 26.9 Å². The van der Waals surface area contributed by atoms with Gasteiger partial charge in [-0.1, -0.05) is 60.1 Å². The molecule has 0 radical (unpaired) electrons. The first kappa shape index (κ1) is 26.0. The fourth-order valence-corrected chi connectivity index (χ4v) is 6.51. The molecule has 0 bridgehead atoms. The topological polar surface area (TPSA) is 46.6 Å². The highest BCUT2D eigenvalue weighted by Gasteiger charge is 2.36. The van der Waals surface area contributed by atoms with E-state index in [1.54, 1.807) is 6.08 Å². The highest BCUT2D eigenvalue weighted by atomic mass is 79.9. The molecule has 1 aliphatic heterocycles. The van der Waals surface area contributed by atoms with Gasteiger partial charge in [-0.3, -0.25) is 14.5 Å². The van der Waals surface area contributed by atoms with Gasteiger partial charge in [0.05, 0.1) is 20.4 Å². The predicted molar refractivity (Wildman–Crippen MR) is 153 cm³/mol.